The van der Waals surface area contributed by atoms with E-state index in [1.807, 2.05) is 0 Å². The first-order chi connectivity index (χ1) is 6.65. The van der Waals surface area contributed by atoms with Crippen LogP contribution in [-0.4, -0.2) is 11.5 Å². The van der Waals surface area contributed by atoms with Gasteiger partial charge in [0, 0.05) is 12.1 Å². The summed E-state index contributed by atoms with van der Waals surface area (Å²) >= 11 is 0. The highest BCUT2D eigenvalue weighted by molar-refractivity contribution is 5.46. The lowest BCUT2D eigenvalue weighted by Crippen LogP contribution is -1.98. The van der Waals surface area contributed by atoms with Crippen molar-refractivity contribution >= 4 is 5.69 Å². The summed E-state index contributed by atoms with van der Waals surface area (Å²) in [5.41, 5.74) is -0.304. The molecule has 0 aliphatic rings. The minimum absolute atomic E-state index is 0.135. The van der Waals surface area contributed by atoms with Crippen LogP contribution >= 0.6 is 0 Å². The lowest BCUT2D eigenvalue weighted by molar-refractivity contribution is -0.385. The van der Waals surface area contributed by atoms with Crippen LogP contribution < -0.4 is 4.74 Å². The first kappa shape index (κ1) is 9.99. The summed E-state index contributed by atoms with van der Waals surface area (Å²) in [4.78, 5) is 9.79. The Morgan fingerprint density at radius 1 is 1.64 bits per heavy atom. The van der Waals surface area contributed by atoms with Gasteiger partial charge in [0.05, 0.1) is 4.92 Å². The van der Waals surface area contributed by atoms with Crippen molar-refractivity contribution in [2.45, 2.75) is 0 Å². The number of terminal acetylenes is 1. The van der Waals surface area contributed by atoms with E-state index in [2.05, 4.69) is 5.92 Å². The molecule has 0 unspecified atom stereocenters. The summed E-state index contributed by atoms with van der Waals surface area (Å²) < 4.78 is 17.5. The second-order valence-corrected chi connectivity index (χ2v) is 2.36. The molecule has 0 saturated carbocycles. The van der Waals surface area contributed by atoms with Gasteiger partial charge in [0.15, 0.2) is 0 Å². The summed E-state index contributed by atoms with van der Waals surface area (Å²) in [5.74, 6) is 1.37. The third kappa shape index (κ3) is 2.20. The van der Waals surface area contributed by atoms with Gasteiger partial charge in [-0.15, -0.1) is 6.42 Å². The summed E-state index contributed by atoms with van der Waals surface area (Å²) in [6.45, 7) is -0.135. The number of rotatable bonds is 3. The van der Waals surface area contributed by atoms with Gasteiger partial charge in [0.1, 0.15) is 12.4 Å². The van der Waals surface area contributed by atoms with E-state index in [-0.39, 0.29) is 18.0 Å². The van der Waals surface area contributed by atoms with Crippen LogP contribution in [0.2, 0.25) is 0 Å². The molecule has 1 rings (SSSR count). The Bertz CT molecular complexity index is 398. The quantitative estimate of drug-likeness (QED) is 0.419. The zero-order chi connectivity index (χ0) is 10.6. The van der Waals surface area contributed by atoms with E-state index in [0.717, 1.165) is 18.2 Å². The van der Waals surface area contributed by atoms with Crippen LogP contribution in [0.5, 0.6) is 5.75 Å². The van der Waals surface area contributed by atoms with Crippen molar-refractivity contribution in [2.75, 3.05) is 6.61 Å². The van der Waals surface area contributed by atoms with Crippen molar-refractivity contribution in [3.05, 3.63) is 34.1 Å². The second-order valence-electron chi connectivity index (χ2n) is 2.36. The number of hydrogen-bond donors (Lipinski definition) is 0. The molecule has 0 fully saturated rings. The summed E-state index contributed by atoms with van der Waals surface area (Å²) in [6, 6.07) is 2.94. The monoisotopic (exact) mass is 195 g/mol. The van der Waals surface area contributed by atoms with Gasteiger partial charge in [-0.05, 0) is 6.07 Å². The standard InChI is InChI=1S/C9H6FNO3/c1-2-5-14-9-6-7(10)3-4-8(9)11(12)13/h1,3-4,6H,5H2. The van der Waals surface area contributed by atoms with Gasteiger partial charge in [-0.2, -0.15) is 0 Å². The van der Waals surface area contributed by atoms with E-state index in [4.69, 9.17) is 11.2 Å². The lowest BCUT2D eigenvalue weighted by atomic mass is 10.3. The number of ether oxygens (including phenoxy) is 1. The van der Waals surface area contributed by atoms with E-state index >= 15 is 0 Å². The predicted molar refractivity (Wildman–Crippen MR) is 47.4 cm³/mol. The van der Waals surface area contributed by atoms with Crippen LogP contribution in [0.4, 0.5) is 10.1 Å². The maximum absolute atomic E-state index is 12.7. The summed E-state index contributed by atoms with van der Waals surface area (Å²) in [5, 5.41) is 10.4. The fourth-order valence-corrected chi connectivity index (χ4v) is 0.874. The largest absolute Gasteiger partial charge is 0.474 e. The molecule has 0 aromatic heterocycles. The normalized spacial score (nSPS) is 9.14. The maximum atomic E-state index is 12.7. The molecule has 14 heavy (non-hydrogen) atoms. The zero-order valence-electron chi connectivity index (χ0n) is 7.07. The van der Waals surface area contributed by atoms with Crippen molar-refractivity contribution < 1.29 is 14.1 Å². The minimum Gasteiger partial charge on any atom is -0.474 e. The Kier molecular flexibility index (Phi) is 3.02. The molecule has 0 aliphatic heterocycles. The molecule has 0 saturated heterocycles. The van der Waals surface area contributed by atoms with Gasteiger partial charge in [0.25, 0.3) is 0 Å². The van der Waals surface area contributed by atoms with Crippen molar-refractivity contribution in [2.24, 2.45) is 0 Å². The Hall–Kier alpha value is -2.09. The van der Waals surface area contributed by atoms with E-state index in [1.165, 1.54) is 0 Å². The highest BCUT2D eigenvalue weighted by Gasteiger charge is 2.15. The molecule has 0 aliphatic carbocycles. The SMILES string of the molecule is C#CCOc1cc(F)ccc1[N+](=O)[O-]. The van der Waals surface area contributed by atoms with E-state index < -0.39 is 10.7 Å². The molecule has 0 bridgehead atoms. The Morgan fingerprint density at radius 2 is 2.36 bits per heavy atom. The number of nitro groups is 1. The van der Waals surface area contributed by atoms with Gasteiger partial charge < -0.3 is 4.74 Å². The van der Waals surface area contributed by atoms with Gasteiger partial charge in [-0.3, -0.25) is 10.1 Å². The minimum atomic E-state index is -0.661. The fourth-order valence-electron chi connectivity index (χ4n) is 0.874. The average Bonchev–Trinajstić information content (AvgIpc) is 2.14. The molecule has 0 N–H and O–H groups in total. The van der Waals surface area contributed by atoms with Crippen molar-refractivity contribution in [1.82, 2.24) is 0 Å². The molecule has 1 aromatic rings. The van der Waals surface area contributed by atoms with Crippen molar-refractivity contribution in [1.29, 1.82) is 0 Å². The molecule has 1 aromatic carbocycles. The molecular weight excluding hydrogens is 189 g/mol. The van der Waals surface area contributed by atoms with Crippen LogP contribution in [0, 0.1) is 28.3 Å². The number of nitro benzene ring substituents is 1. The fraction of sp³-hybridized carbons (Fsp3) is 0.111. The summed E-state index contributed by atoms with van der Waals surface area (Å²) in [7, 11) is 0. The highest BCUT2D eigenvalue weighted by atomic mass is 19.1. The molecule has 72 valence electrons. The summed E-state index contributed by atoms with van der Waals surface area (Å²) in [6.07, 6.45) is 4.90. The van der Waals surface area contributed by atoms with Gasteiger partial charge in [-0.25, -0.2) is 4.39 Å². The van der Waals surface area contributed by atoms with Crippen LogP contribution in [0.25, 0.3) is 0 Å². The first-order valence-electron chi connectivity index (χ1n) is 3.65. The Balaban J connectivity index is 3.04. The molecular formula is C9H6FNO3. The van der Waals surface area contributed by atoms with E-state index in [9.17, 15) is 14.5 Å². The predicted octanol–water partition coefficient (Wildman–Crippen LogP) is 1.75. The lowest BCUT2D eigenvalue weighted by Gasteiger charge is -2.02. The van der Waals surface area contributed by atoms with E-state index in [1.54, 1.807) is 0 Å². The number of halogens is 1. The smallest absolute Gasteiger partial charge is 0.311 e. The van der Waals surface area contributed by atoms with Crippen molar-refractivity contribution in [3.8, 4) is 18.1 Å². The van der Waals surface area contributed by atoms with Crippen LogP contribution in [0.3, 0.4) is 0 Å². The molecule has 0 heterocycles. The van der Waals surface area contributed by atoms with Crippen molar-refractivity contribution in [3.63, 3.8) is 0 Å². The van der Waals surface area contributed by atoms with E-state index in [0.29, 0.717) is 0 Å². The van der Waals surface area contributed by atoms with Gasteiger partial charge in [-0.1, -0.05) is 5.92 Å². The molecule has 4 nitrogen and oxygen atoms in total. The first-order valence-corrected chi connectivity index (χ1v) is 3.65. The third-order valence-corrected chi connectivity index (χ3v) is 1.43. The second kappa shape index (κ2) is 4.23. The topological polar surface area (TPSA) is 52.4 Å². The van der Waals surface area contributed by atoms with Gasteiger partial charge >= 0.3 is 5.69 Å². The van der Waals surface area contributed by atoms with Crippen LogP contribution in [-0.2, 0) is 0 Å². The van der Waals surface area contributed by atoms with Crippen LogP contribution in [0.15, 0.2) is 18.2 Å². The number of hydrogen-bond acceptors (Lipinski definition) is 3. The molecule has 5 heteroatoms. The number of nitrogens with zero attached hydrogens (tertiary/aromatic N) is 1. The van der Waals surface area contributed by atoms with Crippen LogP contribution in [0.1, 0.15) is 0 Å². The molecule has 0 atom stereocenters. The molecule has 0 spiro atoms. The number of benzene rings is 1. The third-order valence-electron chi connectivity index (χ3n) is 1.43. The Labute approximate surface area is 79.5 Å². The highest BCUT2D eigenvalue weighted by Crippen LogP contribution is 2.27. The molecule has 0 radical (unpaired) electrons. The average molecular weight is 195 g/mol. The zero-order valence-corrected chi connectivity index (χ0v) is 7.07. The Morgan fingerprint density at radius 3 is 2.93 bits per heavy atom. The molecule has 0 amide bonds. The maximum Gasteiger partial charge on any atom is 0.311 e. The van der Waals surface area contributed by atoms with Gasteiger partial charge in [0.2, 0.25) is 5.75 Å².